The second-order valence-electron chi connectivity index (χ2n) is 5.47. The standard InChI is InChI=1S/C16H16N4O3S/c1-24(22,23)16-18-15(19-20-16)17-14(21)9-7-11-6-8-12-4-2-3-5-13(12)10-11/h2-6,8,10H,7,9H2,1H3,(H2,17,18,19,20,21). The Balaban J connectivity index is 1.61. The van der Waals surface area contributed by atoms with Crippen LogP contribution in [0.2, 0.25) is 0 Å². The van der Waals surface area contributed by atoms with E-state index in [0.717, 1.165) is 22.6 Å². The van der Waals surface area contributed by atoms with Gasteiger partial charge in [-0.1, -0.05) is 42.5 Å². The highest BCUT2D eigenvalue weighted by Crippen LogP contribution is 2.16. The van der Waals surface area contributed by atoms with Crippen molar-refractivity contribution in [1.82, 2.24) is 15.2 Å². The average Bonchev–Trinajstić information content (AvgIpc) is 3.01. The quantitative estimate of drug-likeness (QED) is 0.736. The van der Waals surface area contributed by atoms with Crippen molar-refractivity contribution in [2.24, 2.45) is 0 Å². The third kappa shape index (κ3) is 3.77. The molecule has 3 rings (SSSR count). The number of sulfone groups is 1. The highest BCUT2D eigenvalue weighted by Gasteiger charge is 2.14. The summed E-state index contributed by atoms with van der Waals surface area (Å²) >= 11 is 0. The number of anilines is 1. The van der Waals surface area contributed by atoms with Crippen molar-refractivity contribution in [1.29, 1.82) is 0 Å². The second kappa shape index (κ2) is 6.40. The molecule has 0 atom stereocenters. The number of rotatable bonds is 5. The van der Waals surface area contributed by atoms with E-state index in [1.54, 1.807) is 0 Å². The van der Waals surface area contributed by atoms with Crippen molar-refractivity contribution in [3.05, 3.63) is 48.0 Å². The third-order valence-corrected chi connectivity index (χ3v) is 4.41. The van der Waals surface area contributed by atoms with Crippen LogP contribution in [0.5, 0.6) is 0 Å². The molecule has 0 aliphatic rings. The Morgan fingerprint density at radius 2 is 1.92 bits per heavy atom. The third-order valence-electron chi connectivity index (χ3n) is 3.52. The molecular weight excluding hydrogens is 328 g/mol. The Morgan fingerprint density at radius 1 is 1.17 bits per heavy atom. The minimum Gasteiger partial charge on any atom is -0.293 e. The molecule has 3 aromatic rings. The number of fused-ring (bicyclic) bond motifs is 1. The van der Waals surface area contributed by atoms with Gasteiger partial charge in [0, 0.05) is 12.7 Å². The minimum atomic E-state index is -3.47. The first-order chi connectivity index (χ1) is 11.4. The van der Waals surface area contributed by atoms with E-state index in [1.807, 2.05) is 36.4 Å². The number of aromatic nitrogens is 3. The second-order valence-corrected chi connectivity index (χ2v) is 7.40. The average molecular weight is 344 g/mol. The molecule has 0 aliphatic carbocycles. The summed E-state index contributed by atoms with van der Waals surface area (Å²) in [5.74, 6) is -0.318. The van der Waals surface area contributed by atoms with Crippen LogP contribution >= 0.6 is 0 Å². The Labute approximate surface area is 139 Å². The SMILES string of the molecule is CS(=O)(=O)c1nc(NC(=O)CCc2ccc3ccccc3c2)n[nH]1. The summed E-state index contributed by atoms with van der Waals surface area (Å²) in [6, 6.07) is 14.1. The molecule has 124 valence electrons. The maximum absolute atomic E-state index is 12.0. The summed E-state index contributed by atoms with van der Waals surface area (Å²) in [7, 11) is -3.47. The fourth-order valence-corrected chi connectivity index (χ4v) is 2.77. The lowest BCUT2D eigenvalue weighted by molar-refractivity contribution is -0.116. The normalized spacial score (nSPS) is 11.5. The number of amides is 1. The molecule has 24 heavy (non-hydrogen) atoms. The van der Waals surface area contributed by atoms with Crippen LogP contribution in [0.25, 0.3) is 10.8 Å². The molecule has 8 heteroatoms. The number of nitrogens with zero attached hydrogens (tertiary/aromatic N) is 2. The molecule has 0 spiro atoms. The number of carbonyl (C=O) groups excluding carboxylic acids is 1. The van der Waals surface area contributed by atoms with Gasteiger partial charge in [0.2, 0.25) is 26.8 Å². The van der Waals surface area contributed by atoms with Crippen molar-refractivity contribution in [3.63, 3.8) is 0 Å². The van der Waals surface area contributed by atoms with E-state index >= 15 is 0 Å². The molecule has 2 aromatic carbocycles. The molecule has 0 saturated heterocycles. The van der Waals surface area contributed by atoms with E-state index in [2.05, 4.69) is 26.6 Å². The molecule has 7 nitrogen and oxygen atoms in total. The molecule has 2 N–H and O–H groups in total. The van der Waals surface area contributed by atoms with Crippen molar-refractivity contribution >= 4 is 32.5 Å². The Kier molecular flexibility index (Phi) is 4.30. The molecule has 0 saturated carbocycles. The van der Waals surface area contributed by atoms with Crippen LogP contribution in [0.15, 0.2) is 47.6 Å². The van der Waals surface area contributed by atoms with Gasteiger partial charge >= 0.3 is 0 Å². The van der Waals surface area contributed by atoms with E-state index in [9.17, 15) is 13.2 Å². The van der Waals surface area contributed by atoms with Gasteiger partial charge in [-0.15, -0.1) is 5.10 Å². The Hall–Kier alpha value is -2.74. The summed E-state index contributed by atoms with van der Waals surface area (Å²) in [4.78, 5) is 15.7. The number of hydrogen-bond acceptors (Lipinski definition) is 5. The van der Waals surface area contributed by atoms with Crippen molar-refractivity contribution in [3.8, 4) is 0 Å². The van der Waals surface area contributed by atoms with Gasteiger partial charge < -0.3 is 0 Å². The monoisotopic (exact) mass is 344 g/mol. The van der Waals surface area contributed by atoms with Crippen LogP contribution in [0.4, 0.5) is 5.95 Å². The summed E-state index contributed by atoms with van der Waals surface area (Å²) in [5.41, 5.74) is 1.05. The van der Waals surface area contributed by atoms with Crippen molar-refractivity contribution < 1.29 is 13.2 Å². The van der Waals surface area contributed by atoms with E-state index < -0.39 is 9.84 Å². The van der Waals surface area contributed by atoms with E-state index in [1.165, 1.54) is 0 Å². The van der Waals surface area contributed by atoms with Crippen LogP contribution in [-0.4, -0.2) is 35.8 Å². The van der Waals surface area contributed by atoms with Crippen molar-refractivity contribution in [2.75, 3.05) is 11.6 Å². The van der Waals surface area contributed by atoms with Gasteiger partial charge in [-0.05, 0) is 22.8 Å². The number of aryl methyl sites for hydroxylation is 1. The maximum Gasteiger partial charge on any atom is 0.249 e. The molecule has 1 aromatic heterocycles. The van der Waals surface area contributed by atoms with Gasteiger partial charge in [-0.25, -0.2) is 13.5 Å². The van der Waals surface area contributed by atoms with Crippen LogP contribution < -0.4 is 5.32 Å². The number of benzene rings is 2. The van der Waals surface area contributed by atoms with Crippen LogP contribution in [-0.2, 0) is 21.1 Å². The minimum absolute atomic E-state index is 0.0427. The first-order valence-electron chi connectivity index (χ1n) is 7.32. The van der Waals surface area contributed by atoms with Gasteiger partial charge in [0.1, 0.15) is 0 Å². The molecule has 0 unspecified atom stereocenters. The maximum atomic E-state index is 12.0. The largest absolute Gasteiger partial charge is 0.293 e. The van der Waals surface area contributed by atoms with Gasteiger partial charge in [0.25, 0.3) is 0 Å². The zero-order valence-corrected chi connectivity index (χ0v) is 13.8. The van der Waals surface area contributed by atoms with Crippen molar-refractivity contribution in [2.45, 2.75) is 18.0 Å². The lowest BCUT2D eigenvalue weighted by Gasteiger charge is -2.04. The highest BCUT2D eigenvalue weighted by atomic mass is 32.2. The molecular formula is C16H16N4O3S. The molecule has 0 aliphatic heterocycles. The fourth-order valence-electron chi connectivity index (χ4n) is 2.31. The van der Waals surface area contributed by atoms with Gasteiger partial charge in [0.05, 0.1) is 0 Å². The fraction of sp³-hybridized carbons (Fsp3) is 0.188. The first-order valence-corrected chi connectivity index (χ1v) is 9.21. The number of aromatic amines is 1. The number of carbonyl (C=O) groups is 1. The van der Waals surface area contributed by atoms with Gasteiger partial charge in [-0.3, -0.25) is 10.1 Å². The predicted molar refractivity (Wildman–Crippen MR) is 90.4 cm³/mol. The number of H-pyrrole nitrogens is 1. The molecule has 0 bridgehead atoms. The zero-order valence-electron chi connectivity index (χ0n) is 13.0. The van der Waals surface area contributed by atoms with Crippen LogP contribution in [0.3, 0.4) is 0 Å². The summed E-state index contributed by atoms with van der Waals surface area (Å²) in [5, 5.41) is 10.4. The van der Waals surface area contributed by atoms with E-state index in [0.29, 0.717) is 6.42 Å². The smallest absolute Gasteiger partial charge is 0.249 e. The molecule has 1 heterocycles. The zero-order chi connectivity index (χ0) is 17.2. The Morgan fingerprint density at radius 3 is 2.62 bits per heavy atom. The highest BCUT2D eigenvalue weighted by molar-refractivity contribution is 7.90. The topological polar surface area (TPSA) is 105 Å². The summed E-state index contributed by atoms with van der Waals surface area (Å²) in [6.45, 7) is 0. The molecule has 1 amide bonds. The van der Waals surface area contributed by atoms with Crippen LogP contribution in [0.1, 0.15) is 12.0 Å². The van der Waals surface area contributed by atoms with Gasteiger partial charge in [-0.2, -0.15) is 4.98 Å². The number of hydrogen-bond donors (Lipinski definition) is 2. The molecule has 0 fully saturated rings. The predicted octanol–water partition coefficient (Wildman–Crippen LogP) is 1.93. The summed E-state index contributed by atoms with van der Waals surface area (Å²) in [6.07, 6.45) is 1.83. The molecule has 0 radical (unpaired) electrons. The van der Waals surface area contributed by atoms with Gasteiger partial charge in [0.15, 0.2) is 0 Å². The lowest BCUT2D eigenvalue weighted by atomic mass is 10.0. The number of nitrogens with one attached hydrogen (secondary N) is 2. The summed E-state index contributed by atoms with van der Waals surface area (Å²) < 4.78 is 22.6. The van der Waals surface area contributed by atoms with E-state index in [4.69, 9.17) is 0 Å². The lowest BCUT2D eigenvalue weighted by Crippen LogP contribution is -2.13. The van der Waals surface area contributed by atoms with Crippen LogP contribution in [0, 0.1) is 0 Å². The first kappa shape index (κ1) is 16.1. The Bertz CT molecular complexity index is 995. The van der Waals surface area contributed by atoms with E-state index in [-0.39, 0.29) is 23.4 Å².